The molecule has 0 amide bonds. The molecule has 30 heavy (non-hydrogen) atoms. The average Bonchev–Trinajstić information content (AvgIpc) is 2.60. The molecule has 0 unspecified atom stereocenters. The van der Waals surface area contributed by atoms with Crippen LogP contribution in [0.1, 0.15) is 0 Å². The van der Waals surface area contributed by atoms with Gasteiger partial charge in [0.25, 0.3) is 0 Å². The number of anilines is 2. The third kappa shape index (κ3) is 87.8. The minimum Gasteiger partial charge on any atom is -0.412 e. The molecule has 2 aromatic rings. The van der Waals surface area contributed by atoms with E-state index in [1.54, 1.807) is 24.5 Å². The second-order valence-electron chi connectivity index (χ2n) is 2.87. The Morgan fingerprint density at radius 1 is 0.533 bits per heavy atom. The molecule has 2 radical (unpaired) electrons. The molecule has 0 aliphatic rings. The van der Waals surface area contributed by atoms with Gasteiger partial charge in [-0.15, -0.1) is 0 Å². The van der Waals surface area contributed by atoms with E-state index in [1.807, 2.05) is 24.3 Å². The summed E-state index contributed by atoms with van der Waals surface area (Å²) in [7, 11) is 0. The molecule has 0 fully saturated rings. The van der Waals surface area contributed by atoms with Crippen molar-refractivity contribution in [3.63, 3.8) is 0 Å². The van der Waals surface area contributed by atoms with Gasteiger partial charge in [0.1, 0.15) is 11.6 Å². The second-order valence-corrected chi connectivity index (χ2v) is 2.87. The first kappa shape index (κ1) is 50.2. The van der Waals surface area contributed by atoms with E-state index < -0.39 is 0 Å². The summed E-state index contributed by atoms with van der Waals surface area (Å²) in [6.07, 6.45) is 3.32. The van der Waals surface area contributed by atoms with E-state index >= 15 is 0 Å². The molecule has 0 aliphatic heterocycles. The normalized spacial score (nSPS) is 5.07. The Hall–Kier alpha value is -3.90. The topological polar surface area (TPSA) is 376 Å². The number of pyridine rings is 2. The maximum Gasteiger partial charge on any atom is 2.00 e. The van der Waals surface area contributed by atoms with Crippen LogP contribution in [-0.4, -0.2) is 20.9 Å². The molecule has 2 rings (SSSR count). The molecule has 0 aromatic carbocycles. The number of hydrogen-bond acceptors (Lipinski definition) is 4. The van der Waals surface area contributed by atoms with E-state index in [1.165, 1.54) is 19.6 Å². The Morgan fingerprint density at radius 3 is 0.800 bits per heavy atom. The van der Waals surface area contributed by atoms with Crippen molar-refractivity contribution in [2.75, 3.05) is 11.5 Å². The van der Waals surface area contributed by atoms with Crippen LogP contribution in [0.25, 0.3) is 63.9 Å². The summed E-state index contributed by atoms with van der Waals surface area (Å²) in [5.74, 6) is 1.14. The van der Waals surface area contributed by atoms with Crippen molar-refractivity contribution in [3.05, 3.63) is 113 Å². The van der Waals surface area contributed by atoms with Gasteiger partial charge in [0.05, 0.1) is 0 Å². The van der Waals surface area contributed by atoms with Crippen molar-refractivity contribution in [3.8, 4) is 0 Å². The first-order valence-corrected chi connectivity index (χ1v) is 5.72. The zero-order valence-corrected chi connectivity index (χ0v) is 16.5. The smallest absolute Gasteiger partial charge is 0.412 e. The first-order valence-electron chi connectivity index (χ1n) is 5.72. The maximum absolute atomic E-state index is 6.75. The van der Waals surface area contributed by atoms with Crippen molar-refractivity contribution in [2.45, 2.75) is 0 Å². The molecule has 8 N–H and O–H groups in total. The van der Waals surface area contributed by atoms with Gasteiger partial charge in [-0.05, 0) is 24.3 Å². The van der Waals surface area contributed by atoms with Crippen molar-refractivity contribution in [1.29, 1.82) is 0 Å². The van der Waals surface area contributed by atoms with Crippen LogP contribution in [0.15, 0.2) is 48.8 Å². The molecule has 2 aromatic heterocycles. The molecule has 0 aliphatic carbocycles. The molecule has 18 nitrogen and oxygen atoms in total. The summed E-state index contributed by atoms with van der Waals surface area (Å²) >= 11 is 0. The fraction of sp³-hybridized carbons (Fsp3) is 0. The van der Waals surface area contributed by atoms with Gasteiger partial charge in [-0.25, -0.2) is 9.97 Å². The van der Waals surface area contributed by atoms with Crippen LogP contribution in [0.4, 0.5) is 11.6 Å². The summed E-state index contributed by atoms with van der Waals surface area (Å²) in [5, 5.41) is 0. The quantitative estimate of drug-likeness (QED) is 0.229. The molecule has 2 heterocycles. The Balaban J connectivity index is -0.0000000332. The fourth-order valence-corrected chi connectivity index (χ4v) is 0.752. The Bertz CT molecular complexity index is 594. The third-order valence-electron chi connectivity index (χ3n) is 1.38. The van der Waals surface area contributed by atoms with Crippen molar-refractivity contribution >= 4 is 11.6 Å². The molecule has 0 saturated carbocycles. The van der Waals surface area contributed by atoms with Crippen LogP contribution in [-0.2, 0) is 34.1 Å². The van der Waals surface area contributed by atoms with Crippen LogP contribution < -0.4 is 11.5 Å². The van der Waals surface area contributed by atoms with E-state index in [4.69, 9.17) is 55.7 Å². The van der Waals surface area contributed by atoms with Crippen molar-refractivity contribution in [1.82, 2.24) is 9.97 Å². The van der Waals surface area contributed by atoms with Crippen LogP contribution >= 0.6 is 0 Å². The first-order chi connectivity index (χ1) is 12.4. The summed E-state index contributed by atoms with van der Waals surface area (Å²) in [4.78, 5) is 13.5. The monoisotopic (exact) mass is 518 g/mol. The molecule has 170 valence electrons. The number of nitrogens with zero attached hydrogens (tertiary/aromatic N) is 14. The summed E-state index contributed by atoms with van der Waals surface area (Å²) in [6.45, 7) is 0. The minimum absolute atomic E-state index is 0. The molecular weight excluding hydrogens is 503 g/mol. The van der Waals surface area contributed by atoms with Crippen LogP contribution in [0, 0.1) is 0 Å². The predicted octanol–water partition coefficient (Wildman–Crippen LogP) is 3.14. The van der Waals surface area contributed by atoms with Crippen LogP contribution in [0.5, 0.6) is 0 Å². The van der Waals surface area contributed by atoms with E-state index in [0.29, 0.717) is 11.6 Å². The fourth-order valence-electron chi connectivity index (χ4n) is 0.752. The SMILES string of the molecule is Nc1ccccn1.Nc1ccccn1.O.O.[Cu+2].[Cu+2].[N-]=[N+]=[N-].[N-]=[N+]=[N-].[N-]=[N+]=[N-].[N-]=[N+]=[N-]. The standard InChI is InChI=1S/2C5H6N2.2Cu.4N3.2H2O/c2*6-5-3-1-2-4-7-5;;;4*1-3-2;;/h2*1-4H,(H2,6,7);;;;;;;2*1H2/q;;2*+2;4*-1;;. The molecule has 0 spiro atoms. The van der Waals surface area contributed by atoms with Gasteiger partial charge in [-0.3, -0.25) is 19.6 Å². The van der Waals surface area contributed by atoms with E-state index in [-0.39, 0.29) is 45.1 Å². The summed E-state index contributed by atoms with van der Waals surface area (Å²) in [6, 6.07) is 10.9. The van der Waals surface area contributed by atoms with Crippen molar-refractivity contribution < 1.29 is 45.1 Å². The van der Waals surface area contributed by atoms with E-state index in [9.17, 15) is 0 Å². The van der Waals surface area contributed by atoms with Gasteiger partial charge in [-0.2, -0.15) is 0 Å². The van der Waals surface area contributed by atoms with Gasteiger partial charge < -0.3 is 66.7 Å². The second kappa shape index (κ2) is 56.2. The number of hydrogen-bond donors (Lipinski definition) is 2. The largest absolute Gasteiger partial charge is 2.00 e. The Morgan fingerprint density at radius 2 is 0.733 bits per heavy atom. The summed E-state index contributed by atoms with van der Waals surface area (Å²) < 4.78 is 0. The summed E-state index contributed by atoms with van der Waals surface area (Å²) in [5.41, 5.74) is 64.5. The van der Waals surface area contributed by atoms with Gasteiger partial charge in [-0.1, -0.05) is 12.1 Å². The molecule has 0 atom stereocenters. The van der Waals surface area contributed by atoms with Crippen LogP contribution in [0.2, 0.25) is 0 Å². The predicted molar refractivity (Wildman–Crippen MR) is 105 cm³/mol. The van der Waals surface area contributed by atoms with E-state index in [2.05, 4.69) is 9.97 Å². The number of rotatable bonds is 0. The van der Waals surface area contributed by atoms with Crippen molar-refractivity contribution in [2.24, 2.45) is 0 Å². The average molecular weight is 519 g/mol. The third-order valence-corrected chi connectivity index (χ3v) is 1.38. The maximum atomic E-state index is 6.75. The molecule has 20 heteroatoms. The minimum atomic E-state index is 0. The van der Waals surface area contributed by atoms with Gasteiger partial charge in [0.15, 0.2) is 0 Å². The Labute approximate surface area is 190 Å². The number of nitrogens with two attached hydrogens (primary N) is 2. The van der Waals surface area contributed by atoms with E-state index in [0.717, 1.165) is 0 Å². The van der Waals surface area contributed by atoms with Crippen LogP contribution in [0.3, 0.4) is 0 Å². The molecular formula is C10H16Cu2N16O2. The van der Waals surface area contributed by atoms with Gasteiger partial charge >= 0.3 is 34.1 Å². The Kier molecular flexibility index (Phi) is 94.1. The number of aromatic nitrogens is 2. The van der Waals surface area contributed by atoms with Gasteiger partial charge in [0, 0.05) is 12.4 Å². The zero-order chi connectivity index (χ0) is 21.1. The zero-order valence-electron chi connectivity index (χ0n) is 14.6. The molecule has 0 saturated heterocycles. The van der Waals surface area contributed by atoms with Gasteiger partial charge in [0.2, 0.25) is 0 Å². The number of nitrogen functional groups attached to an aromatic ring is 2. The molecule has 0 bridgehead atoms.